The van der Waals surface area contributed by atoms with Crippen LogP contribution in [0.15, 0.2) is 36.5 Å². The molecule has 0 spiro atoms. The zero-order valence-electron chi connectivity index (χ0n) is 26.4. The fourth-order valence-electron chi connectivity index (χ4n) is 2.69. The lowest BCUT2D eigenvalue weighted by Crippen LogP contribution is -2.37. The molecule has 2 heterocycles. The van der Waals surface area contributed by atoms with Gasteiger partial charge < -0.3 is 19.5 Å². The number of benzene rings is 2. The summed E-state index contributed by atoms with van der Waals surface area (Å²) in [6.45, 7) is -4.92. The maximum atomic E-state index is 14.1. The largest absolute Gasteiger partial charge is 0.493 e. The number of nitrogens with zero attached hydrogens (tertiary/aromatic N) is 3. The number of fused-ring (bicyclic) bond motifs is 1. The maximum Gasteiger partial charge on any atom is 0.162 e. The van der Waals surface area contributed by atoms with Gasteiger partial charge in [0, 0.05) is 42.1 Å². The Labute approximate surface area is 199 Å². The number of anilines is 2. The molecule has 164 valence electrons. The number of aromatic nitrogens is 2. The number of halogens is 2. The van der Waals surface area contributed by atoms with E-state index >= 15 is 0 Å². The SMILES string of the molecule is [2H]c1nc(Nc2c([2H])c([2H])c(F)c(Cl)c2[2H])c2c([2H])c(OCCCN3C([2H])([2H])COCC3([2H])[2H])c(OC)c([2H])c2n1. The molecule has 9 heteroatoms. The van der Waals surface area contributed by atoms with Gasteiger partial charge in [-0.3, -0.25) is 4.90 Å². The first-order chi connectivity index (χ1) is 19.1. The summed E-state index contributed by atoms with van der Waals surface area (Å²) in [6.07, 6.45) is -0.472. The highest BCUT2D eigenvalue weighted by molar-refractivity contribution is 6.31. The first kappa shape index (κ1) is 12.4. The molecule has 1 aliphatic heterocycles. The van der Waals surface area contributed by atoms with Gasteiger partial charge in [-0.05, 0) is 30.6 Å². The number of methoxy groups -OCH3 is 1. The van der Waals surface area contributed by atoms with Gasteiger partial charge in [0.05, 0.1) is 44.3 Å². The van der Waals surface area contributed by atoms with Crippen molar-refractivity contribution in [1.82, 2.24) is 14.9 Å². The van der Waals surface area contributed by atoms with Crippen LogP contribution in [0.1, 0.15) is 20.1 Å². The second-order valence-corrected chi connectivity index (χ2v) is 6.55. The summed E-state index contributed by atoms with van der Waals surface area (Å²) < 4.78 is 112. The number of hydrogen-bond acceptors (Lipinski definition) is 7. The molecule has 4 rings (SSSR count). The Kier molecular flexibility index (Phi) is 4.03. The normalized spacial score (nSPS) is 22.4. The highest BCUT2D eigenvalue weighted by atomic mass is 35.5. The van der Waals surface area contributed by atoms with Crippen molar-refractivity contribution >= 4 is 34.0 Å². The summed E-state index contributed by atoms with van der Waals surface area (Å²) in [4.78, 5) is 8.88. The molecule has 0 amide bonds. The number of rotatable bonds is 8. The van der Waals surface area contributed by atoms with Gasteiger partial charge in [0.1, 0.15) is 19.3 Å². The average Bonchev–Trinajstić information content (AvgIpc) is 2.89. The van der Waals surface area contributed by atoms with Crippen molar-refractivity contribution in [1.29, 1.82) is 0 Å². The van der Waals surface area contributed by atoms with Crippen LogP contribution in [0.25, 0.3) is 10.9 Å². The van der Waals surface area contributed by atoms with Gasteiger partial charge in [-0.1, -0.05) is 11.6 Å². The number of nitrogens with one attached hydrogen (secondary N) is 1. The zero-order valence-corrected chi connectivity index (χ0v) is 17.1. The van der Waals surface area contributed by atoms with Crippen LogP contribution in [0.5, 0.6) is 11.5 Å². The highest BCUT2D eigenvalue weighted by Crippen LogP contribution is 2.35. The summed E-state index contributed by atoms with van der Waals surface area (Å²) in [5.41, 5.74) is -0.618. The second-order valence-electron chi connectivity index (χ2n) is 6.17. The number of morpholine rings is 1. The third-order valence-corrected chi connectivity index (χ3v) is 4.39. The van der Waals surface area contributed by atoms with Crippen molar-refractivity contribution in [2.45, 2.75) is 6.42 Å². The summed E-state index contributed by atoms with van der Waals surface area (Å²) >= 11 is 5.82. The zero-order chi connectivity index (χ0) is 30.4. The van der Waals surface area contributed by atoms with Gasteiger partial charge in [-0.2, -0.15) is 0 Å². The average molecular weight is 457 g/mol. The smallest absolute Gasteiger partial charge is 0.162 e. The fourth-order valence-corrected chi connectivity index (χ4v) is 2.83. The van der Waals surface area contributed by atoms with Gasteiger partial charge in [0.25, 0.3) is 0 Å². The third kappa shape index (κ3) is 5.33. The summed E-state index contributed by atoms with van der Waals surface area (Å²) in [6, 6.07) is -3.03. The van der Waals surface area contributed by atoms with Crippen molar-refractivity contribution in [3.8, 4) is 11.5 Å². The van der Waals surface area contributed by atoms with Gasteiger partial charge in [0.15, 0.2) is 11.5 Å². The highest BCUT2D eigenvalue weighted by Gasteiger charge is 2.14. The van der Waals surface area contributed by atoms with Gasteiger partial charge in [-0.25, -0.2) is 14.4 Å². The molecular formula is C22H24ClFN4O3. The topological polar surface area (TPSA) is 68.7 Å². The van der Waals surface area contributed by atoms with E-state index < -0.39 is 60.0 Å². The van der Waals surface area contributed by atoms with Crippen molar-refractivity contribution in [3.63, 3.8) is 0 Å². The van der Waals surface area contributed by atoms with E-state index in [1.807, 2.05) is 0 Å². The molecule has 0 radical (unpaired) electrons. The molecule has 1 aliphatic rings. The summed E-state index contributed by atoms with van der Waals surface area (Å²) in [5, 5.41) is 1.70. The van der Waals surface area contributed by atoms with E-state index in [-0.39, 0.29) is 67.0 Å². The minimum absolute atomic E-state index is 0.0578. The van der Waals surface area contributed by atoms with Crippen LogP contribution in [-0.2, 0) is 4.74 Å². The van der Waals surface area contributed by atoms with Crippen LogP contribution >= 0.6 is 11.6 Å². The Morgan fingerprint density at radius 1 is 1.26 bits per heavy atom. The Morgan fingerprint density at radius 3 is 2.90 bits per heavy atom. The molecule has 2 aromatic carbocycles. The Hall–Kier alpha value is -2.68. The quantitative estimate of drug-likeness (QED) is 0.507. The Morgan fingerprint density at radius 2 is 2.10 bits per heavy atom. The Bertz CT molecular complexity index is 1470. The van der Waals surface area contributed by atoms with Crippen LogP contribution in [-0.4, -0.2) is 61.3 Å². The minimum Gasteiger partial charge on any atom is -0.493 e. The van der Waals surface area contributed by atoms with E-state index in [2.05, 4.69) is 15.3 Å². The minimum atomic E-state index is -2.06. The molecule has 0 saturated carbocycles. The predicted molar refractivity (Wildman–Crippen MR) is 118 cm³/mol. The molecule has 0 bridgehead atoms. The monoisotopic (exact) mass is 456 g/mol. The fraction of sp³-hybridized carbons (Fsp3) is 0.364. The predicted octanol–water partition coefficient (Wildman–Crippen LogP) is 4.28. The molecule has 0 aliphatic carbocycles. The first-order valence-electron chi connectivity index (χ1n) is 14.2. The van der Waals surface area contributed by atoms with E-state index in [4.69, 9.17) is 39.5 Å². The number of hydrogen-bond donors (Lipinski definition) is 1. The molecule has 31 heavy (non-hydrogen) atoms. The summed E-state index contributed by atoms with van der Waals surface area (Å²) in [5.74, 6) is -1.97. The summed E-state index contributed by atoms with van der Waals surface area (Å²) in [7, 11) is 1.24. The van der Waals surface area contributed by atoms with E-state index in [1.54, 1.807) is 0 Å². The van der Waals surface area contributed by atoms with Gasteiger partial charge in [-0.15, -0.1) is 0 Å². The molecule has 0 unspecified atom stereocenters. The lowest BCUT2D eigenvalue weighted by atomic mass is 10.2. The van der Waals surface area contributed by atoms with Gasteiger partial charge in [0.2, 0.25) is 0 Å². The lowest BCUT2D eigenvalue weighted by molar-refractivity contribution is 0.0357. The molecule has 1 fully saturated rings. The molecule has 1 saturated heterocycles. The van der Waals surface area contributed by atoms with E-state index in [1.165, 1.54) is 7.11 Å². The van der Waals surface area contributed by atoms with E-state index in [0.717, 1.165) is 4.90 Å². The molecule has 0 atom stereocenters. The van der Waals surface area contributed by atoms with Crippen LogP contribution in [0.3, 0.4) is 0 Å². The first-order valence-corrected chi connectivity index (χ1v) is 9.55. The van der Waals surface area contributed by atoms with Crippen molar-refractivity contribution in [2.24, 2.45) is 0 Å². The maximum absolute atomic E-state index is 14.1. The Balaban J connectivity index is 1.72. The second kappa shape index (κ2) is 10.1. The molecule has 1 aromatic heterocycles. The van der Waals surface area contributed by atoms with E-state index in [9.17, 15) is 4.39 Å². The molecule has 1 N–H and O–H groups in total. The van der Waals surface area contributed by atoms with E-state index in [0.29, 0.717) is 0 Å². The van der Waals surface area contributed by atoms with Crippen LogP contribution in [0, 0.1) is 5.82 Å². The van der Waals surface area contributed by atoms with Crippen molar-refractivity contribution in [2.75, 3.05) is 51.8 Å². The van der Waals surface area contributed by atoms with Crippen LogP contribution in [0.4, 0.5) is 15.9 Å². The van der Waals surface area contributed by atoms with Gasteiger partial charge >= 0.3 is 0 Å². The molecular weight excluding hydrogens is 423 g/mol. The molecule has 7 nitrogen and oxygen atoms in total. The lowest BCUT2D eigenvalue weighted by Gasteiger charge is -2.26. The van der Waals surface area contributed by atoms with Crippen LogP contribution < -0.4 is 14.8 Å². The van der Waals surface area contributed by atoms with Crippen molar-refractivity contribution < 1.29 is 32.3 Å². The van der Waals surface area contributed by atoms with Crippen molar-refractivity contribution in [3.05, 3.63) is 47.4 Å². The third-order valence-electron chi connectivity index (χ3n) is 4.13. The van der Waals surface area contributed by atoms with Crippen LogP contribution in [0.2, 0.25) is 5.02 Å². The number of ether oxygens (including phenoxy) is 3. The standard InChI is InChI=1S/C22H24ClFN4O3/c1-29-20-13-19-16(12-21(20)31-8-2-5-28-6-9-30-10-7-28)22(26-14-25-19)27-15-3-4-18(24)17(23)11-15/h3-4,11-14H,2,5-10H2,1H3,(H,25,26,27)/i3D,4D,6D2,7D2,11D,12D,13D,14D. The molecule has 3 aromatic rings.